The Hall–Kier alpha value is -2.49. The molecule has 0 unspecified atom stereocenters. The van der Waals surface area contributed by atoms with E-state index in [1.54, 1.807) is 48.5 Å². The molecule has 2 aromatic rings. The molecule has 2 rings (SSSR count). The van der Waals surface area contributed by atoms with Crippen molar-refractivity contribution in [3.63, 3.8) is 0 Å². The molecule has 9 heteroatoms. The maximum absolute atomic E-state index is 12.3. The van der Waals surface area contributed by atoms with Gasteiger partial charge in [0.05, 0.1) is 5.97 Å². The van der Waals surface area contributed by atoms with Crippen molar-refractivity contribution in [1.82, 2.24) is 0 Å². The molecule has 0 bridgehead atoms. The number of ketones is 1. The monoisotopic (exact) mass is 439 g/mol. The summed E-state index contributed by atoms with van der Waals surface area (Å²) >= 11 is 5.79. The number of rotatable bonds is 8. The summed E-state index contributed by atoms with van der Waals surface area (Å²) in [5.41, 5.74) is 1.97. The van der Waals surface area contributed by atoms with Gasteiger partial charge < -0.3 is 35.7 Å². The number of carbonyl (C=O) groups excluding carboxylic acids is 2. The number of hydrogen-bond donors (Lipinski definition) is 4. The van der Waals surface area contributed by atoms with Crippen molar-refractivity contribution in [2.75, 3.05) is 19.8 Å². The number of aliphatic carboxylic acids is 1. The summed E-state index contributed by atoms with van der Waals surface area (Å²) in [6.07, 6.45) is 0. The molecular weight excluding hydrogens is 414 g/mol. The summed E-state index contributed by atoms with van der Waals surface area (Å²) in [5, 5.41) is 36.7. The van der Waals surface area contributed by atoms with Crippen molar-refractivity contribution < 1.29 is 40.5 Å². The predicted molar refractivity (Wildman–Crippen MR) is 108 cm³/mol. The van der Waals surface area contributed by atoms with E-state index in [0.29, 0.717) is 21.9 Å². The van der Waals surface area contributed by atoms with Gasteiger partial charge in [0.25, 0.3) is 0 Å². The van der Waals surface area contributed by atoms with Crippen LogP contribution in [0.5, 0.6) is 5.75 Å². The van der Waals surface area contributed by atoms with Crippen molar-refractivity contribution in [2.24, 2.45) is 0 Å². The van der Waals surface area contributed by atoms with Gasteiger partial charge >= 0.3 is 0 Å². The molecule has 6 N–H and O–H groups in total. The molecule has 0 amide bonds. The van der Waals surface area contributed by atoms with Crippen LogP contribution in [0.2, 0.25) is 5.02 Å². The minimum Gasteiger partial charge on any atom is -0.546 e. The highest BCUT2D eigenvalue weighted by Crippen LogP contribution is 2.20. The Morgan fingerprint density at radius 2 is 1.33 bits per heavy atom. The zero-order chi connectivity index (χ0) is 22.9. The number of carbonyl (C=O) groups is 2. The highest BCUT2D eigenvalue weighted by Gasteiger charge is 2.25. The summed E-state index contributed by atoms with van der Waals surface area (Å²) in [5.74, 6) is -1.11. The SMILES string of the molecule is CC(C)(Oc1ccc(C(=O)c2ccc(Cl)cc2)cc1)C(=O)[O-].[NH3+]C(CO)(CO)CO. The lowest BCUT2D eigenvalue weighted by molar-refractivity contribution is -0.494. The third kappa shape index (κ3) is 7.40. The Bertz CT molecular complexity index is 823. The third-order valence-corrected chi connectivity index (χ3v) is 4.35. The summed E-state index contributed by atoms with van der Waals surface area (Å²) in [6.45, 7) is 1.92. The van der Waals surface area contributed by atoms with Crippen LogP contribution in [0, 0.1) is 0 Å². The Balaban J connectivity index is 0.000000479. The molecule has 2 aromatic carbocycles. The van der Waals surface area contributed by atoms with E-state index in [1.165, 1.54) is 13.8 Å². The molecule has 0 atom stereocenters. The van der Waals surface area contributed by atoms with E-state index < -0.39 is 17.1 Å². The van der Waals surface area contributed by atoms with Gasteiger partial charge in [-0.25, -0.2) is 0 Å². The highest BCUT2D eigenvalue weighted by molar-refractivity contribution is 6.30. The molecule has 0 fully saturated rings. The van der Waals surface area contributed by atoms with Gasteiger partial charge in [-0.15, -0.1) is 0 Å². The fraction of sp³-hybridized carbons (Fsp3) is 0.333. The number of ether oxygens (including phenoxy) is 1. The molecule has 0 aliphatic carbocycles. The maximum Gasteiger partial charge on any atom is 0.193 e. The van der Waals surface area contributed by atoms with Gasteiger partial charge in [0.15, 0.2) is 11.3 Å². The van der Waals surface area contributed by atoms with Crippen molar-refractivity contribution in [3.05, 3.63) is 64.7 Å². The fourth-order valence-corrected chi connectivity index (χ4v) is 2.05. The summed E-state index contributed by atoms with van der Waals surface area (Å²) in [4.78, 5) is 23.2. The first-order chi connectivity index (χ1) is 14.0. The number of aliphatic hydroxyl groups is 3. The summed E-state index contributed by atoms with van der Waals surface area (Å²) in [7, 11) is 0. The molecule has 0 radical (unpaired) electrons. The van der Waals surface area contributed by atoms with E-state index in [1.807, 2.05) is 0 Å². The van der Waals surface area contributed by atoms with E-state index in [2.05, 4.69) is 5.73 Å². The average Bonchev–Trinajstić information content (AvgIpc) is 2.74. The number of quaternary nitrogens is 1. The zero-order valence-corrected chi connectivity index (χ0v) is 17.6. The molecular formula is C21H26ClNO7. The lowest BCUT2D eigenvalue weighted by atomic mass is 10.0. The van der Waals surface area contributed by atoms with E-state index in [-0.39, 0.29) is 25.6 Å². The number of aliphatic hydroxyl groups excluding tert-OH is 3. The predicted octanol–water partition coefficient (Wildman–Crippen LogP) is -0.578. The van der Waals surface area contributed by atoms with E-state index >= 15 is 0 Å². The van der Waals surface area contributed by atoms with Crippen LogP contribution in [0.3, 0.4) is 0 Å². The van der Waals surface area contributed by atoms with Crippen LogP contribution in [-0.2, 0) is 4.79 Å². The van der Waals surface area contributed by atoms with Gasteiger partial charge in [-0.1, -0.05) is 11.6 Å². The Labute approximate surface area is 179 Å². The fourth-order valence-electron chi connectivity index (χ4n) is 1.93. The summed E-state index contributed by atoms with van der Waals surface area (Å²) in [6, 6.07) is 12.9. The minimum atomic E-state index is -1.44. The van der Waals surface area contributed by atoms with E-state index in [0.717, 1.165) is 0 Å². The number of carboxylic acids is 1. The van der Waals surface area contributed by atoms with Crippen LogP contribution in [0.4, 0.5) is 0 Å². The lowest BCUT2D eigenvalue weighted by Crippen LogP contribution is -2.78. The van der Waals surface area contributed by atoms with Crippen LogP contribution in [0.15, 0.2) is 48.5 Å². The van der Waals surface area contributed by atoms with E-state index in [9.17, 15) is 14.7 Å². The van der Waals surface area contributed by atoms with Crippen molar-refractivity contribution in [1.29, 1.82) is 0 Å². The highest BCUT2D eigenvalue weighted by atomic mass is 35.5. The normalized spacial score (nSPS) is 11.3. The number of hydrogen-bond acceptors (Lipinski definition) is 7. The van der Waals surface area contributed by atoms with Crippen LogP contribution in [-0.4, -0.2) is 58.0 Å². The quantitative estimate of drug-likeness (QED) is 0.401. The van der Waals surface area contributed by atoms with E-state index in [4.69, 9.17) is 31.7 Å². The number of halogens is 1. The molecule has 164 valence electrons. The second-order valence-electron chi connectivity index (χ2n) is 7.23. The first kappa shape index (κ1) is 25.5. The van der Waals surface area contributed by atoms with Crippen molar-refractivity contribution >= 4 is 23.4 Å². The van der Waals surface area contributed by atoms with Gasteiger partial charge in [0, 0.05) is 16.1 Å². The van der Waals surface area contributed by atoms with Crippen LogP contribution >= 0.6 is 11.6 Å². The smallest absolute Gasteiger partial charge is 0.193 e. The van der Waals surface area contributed by atoms with Crippen LogP contribution < -0.4 is 15.6 Å². The van der Waals surface area contributed by atoms with Gasteiger partial charge in [-0.05, 0) is 62.4 Å². The Kier molecular flexibility index (Phi) is 9.41. The standard InChI is InChI=1S/C17H15ClO4.C4H11NO3/c1-17(2,16(20)21)22-14-9-5-12(6-10-14)15(19)11-3-7-13(18)8-4-11;5-4(1-6,2-7)3-8/h3-10H,1-2H3,(H,20,21);6-8H,1-3,5H2. The maximum atomic E-state index is 12.3. The van der Waals surface area contributed by atoms with Crippen LogP contribution in [0.1, 0.15) is 29.8 Å². The third-order valence-electron chi connectivity index (χ3n) is 4.09. The van der Waals surface area contributed by atoms with Gasteiger partial charge in [-0.2, -0.15) is 0 Å². The molecule has 8 nitrogen and oxygen atoms in total. The number of benzene rings is 2. The molecule has 0 aromatic heterocycles. The molecule has 0 saturated heterocycles. The zero-order valence-electron chi connectivity index (χ0n) is 16.8. The Morgan fingerprint density at radius 1 is 0.933 bits per heavy atom. The molecule has 0 heterocycles. The molecule has 0 aliphatic rings. The minimum absolute atomic E-state index is 0.151. The first-order valence-corrected chi connectivity index (χ1v) is 9.34. The number of carboxylic acid groups (broad SMARTS) is 1. The topological polar surface area (TPSA) is 155 Å². The lowest BCUT2D eigenvalue weighted by Gasteiger charge is -2.27. The summed E-state index contributed by atoms with van der Waals surface area (Å²) < 4.78 is 5.33. The van der Waals surface area contributed by atoms with Gasteiger partial charge in [0.2, 0.25) is 0 Å². The Morgan fingerprint density at radius 3 is 1.67 bits per heavy atom. The average molecular weight is 440 g/mol. The van der Waals surface area contributed by atoms with Crippen molar-refractivity contribution in [2.45, 2.75) is 25.0 Å². The van der Waals surface area contributed by atoms with Crippen LogP contribution in [0.25, 0.3) is 0 Å². The molecule has 30 heavy (non-hydrogen) atoms. The molecule has 0 aliphatic heterocycles. The second kappa shape index (κ2) is 11.1. The van der Waals surface area contributed by atoms with Gasteiger partial charge in [-0.3, -0.25) is 4.79 Å². The second-order valence-corrected chi connectivity index (χ2v) is 7.67. The van der Waals surface area contributed by atoms with Gasteiger partial charge in [0.1, 0.15) is 31.2 Å². The molecule has 0 saturated carbocycles. The largest absolute Gasteiger partial charge is 0.546 e. The van der Waals surface area contributed by atoms with Crippen molar-refractivity contribution in [3.8, 4) is 5.75 Å². The first-order valence-electron chi connectivity index (χ1n) is 8.97. The molecule has 0 spiro atoms.